The van der Waals surface area contributed by atoms with Gasteiger partial charge < -0.3 is 9.47 Å². The third-order valence-electron chi connectivity index (χ3n) is 3.70. The van der Waals surface area contributed by atoms with Crippen LogP contribution in [-0.2, 0) is 4.79 Å². The summed E-state index contributed by atoms with van der Waals surface area (Å²) in [5.74, 6) is 1.42. The molecular formula is C16H22N2O3. The van der Waals surface area contributed by atoms with Crippen molar-refractivity contribution in [3.05, 3.63) is 24.3 Å². The monoisotopic (exact) mass is 290 g/mol. The van der Waals surface area contributed by atoms with Crippen LogP contribution in [-0.4, -0.2) is 25.3 Å². The van der Waals surface area contributed by atoms with Gasteiger partial charge in [0.1, 0.15) is 0 Å². The van der Waals surface area contributed by atoms with Crippen molar-refractivity contribution >= 4 is 11.6 Å². The van der Waals surface area contributed by atoms with Crippen molar-refractivity contribution in [2.45, 2.75) is 32.6 Å². The molecule has 1 aromatic rings. The molecule has 0 spiro atoms. The number of carbonyl (C=O) groups excluding carboxylic acids is 1. The molecule has 1 N–H and O–H groups in total. The number of carbonyl (C=O) groups is 1. The number of rotatable bonds is 6. The van der Waals surface area contributed by atoms with E-state index in [1.165, 1.54) is 6.42 Å². The number of amides is 1. The molecule has 0 aliphatic heterocycles. The summed E-state index contributed by atoms with van der Waals surface area (Å²) in [5, 5.41) is 4.24. The number of benzene rings is 1. The molecule has 1 amide bonds. The van der Waals surface area contributed by atoms with Crippen LogP contribution >= 0.6 is 0 Å². The van der Waals surface area contributed by atoms with Crippen molar-refractivity contribution in [3.63, 3.8) is 0 Å². The highest BCUT2D eigenvalue weighted by Crippen LogP contribution is 2.26. The Hall–Kier alpha value is -2.04. The van der Waals surface area contributed by atoms with Crippen LogP contribution in [0.15, 0.2) is 29.4 Å². The van der Waals surface area contributed by atoms with Crippen LogP contribution in [0.4, 0.5) is 0 Å². The number of hydrogen-bond acceptors (Lipinski definition) is 4. The van der Waals surface area contributed by atoms with E-state index >= 15 is 0 Å². The molecule has 1 saturated carbocycles. The van der Waals surface area contributed by atoms with E-state index in [-0.39, 0.29) is 12.5 Å². The first kappa shape index (κ1) is 15.4. The first-order valence-electron chi connectivity index (χ1n) is 7.35. The molecule has 1 aliphatic rings. The Balaban J connectivity index is 1.84. The van der Waals surface area contributed by atoms with Gasteiger partial charge in [-0.2, -0.15) is 5.10 Å². The lowest BCUT2D eigenvalue weighted by Gasteiger charge is -2.10. The Labute approximate surface area is 125 Å². The molecule has 21 heavy (non-hydrogen) atoms. The van der Waals surface area contributed by atoms with Gasteiger partial charge in [-0.25, -0.2) is 5.43 Å². The molecule has 0 bridgehead atoms. The number of nitrogens with one attached hydrogen (secondary N) is 1. The maximum absolute atomic E-state index is 11.8. The van der Waals surface area contributed by atoms with Crippen LogP contribution in [0.5, 0.6) is 11.5 Å². The second-order valence-electron chi connectivity index (χ2n) is 5.08. The predicted octanol–water partition coefficient (Wildman–Crippen LogP) is 2.76. The molecule has 5 heteroatoms. The van der Waals surface area contributed by atoms with Gasteiger partial charge in [0.05, 0.1) is 7.11 Å². The molecule has 0 heterocycles. The molecule has 5 nitrogen and oxygen atoms in total. The van der Waals surface area contributed by atoms with Gasteiger partial charge in [0, 0.05) is 5.71 Å². The fourth-order valence-electron chi connectivity index (χ4n) is 2.54. The maximum Gasteiger partial charge on any atom is 0.277 e. The molecule has 0 radical (unpaired) electrons. The van der Waals surface area contributed by atoms with E-state index in [0.29, 0.717) is 17.4 Å². The summed E-state index contributed by atoms with van der Waals surface area (Å²) in [7, 11) is 1.57. The van der Waals surface area contributed by atoms with Crippen molar-refractivity contribution in [2.75, 3.05) is 13.7 Å². The summed E-state index contributed by atoms with van der Waals surface area (Å²) >= 11 is 0. The van der Waals surface area contributed by atoms with Crippen LogP contribution in [0.2, 0.25) is 0 Å². The van der Waals surface area contributed by atoms with Gasteiger partial charge in [-0.05, 0) is 43.7 Å². The van der Waals surface area contributed by atoms with Crippen LogP contribution in [0.25, 0.3) is 0 Å². The van der Waals surface area contributed by atoms with Gasteiger partial charge >= 0.3 is 0 Å². The van der Waals surface area contributed by atoms with Crippen LogP contribution in [0.1, 0.15) is 32.6 Å². The minimum Gasteiger partial charge on any atom is -0.493 e. The summed E-state index contributed by atoms with van der Waals surface area (Å²) in [6, 6.07) is 7.24. The number of methoxy groups -OCH3 is 1. The van der Waals surface area contributed by atoms with Gasteiger partial charge in [0.2, 0.25) is 0 Å². The van der Waals surface area contributed by atoms with Crippen molar-refractivity contribution < 1.29 is 14.3 Å². The van der Waals surface area contributed by atoms with Gasteiger partial charge in [-0.15, -0.1) is 0 Å². The Morgan fingerprint density at radius 1 is 1.38 bits per heavy atom. The summed E-state index contributed by atoms with van der Waals surface area (Å²) in [6.07, 6.45) is 4.38. The smallest absolute Gasteiger partial charge is 0.277 e. The lowest BCUT2D eigenvalue weighted by atomic mass is 10.0. The minimum absolute atomic E-state index is 0.0755. The first-order chi connectivity index (χ1) is 10.2. The minimum atomic E-state index is -0.254. The summed E-state index contributed by atoms with van der Waals surface area (Å²) < 4.78 is 10.6. The van der Waals surface area contributed by atoms with E-state index in [1.54, 1.807) is 19.2 Å². The van der Waals surface area contributed by atoms with Crippen molar-refractivity contribution in [3.8, 4) is 11.5 Å². The van der Waals surface area contributed by atoms with E-state index < -0.39 is 0 Å². The highest BCUT2D eigenvalue weighted by Gasteiger charge is 2.20. The zero-order chi connectivity index (χ0) is 15.1. The van der Waals surface area contributed by atoms with Gasteiger partial charge in [-0.1, -0.05) is 19.1 Å². The topological polar surface area (TPSA) is 59.9 Å². The fraction of sp³-hybridized carbons (Fsp3) is 0.500. The summed E-state index contributed by atoms with van der Waals surface area (Å²) in [6.45, 7) is 2.08. The van der Waals surface area contributed by atoms with Crippen molar-refractivity contribution in [2.24, 2.45) is 11.0 Å². The normalized spacial score (nSPS) is 19.5. The quantitative estimate of drug-likeness (QED) is 0.819. The van der Waals surface area contributed by atoms with E-state index in [0.717, 1.165) is 25.0 Å². The van der Waals surface area contributed by atoms with E-state index in [4.69, 9.17) is 9.47 Å². The van der Waals surface area contributed by atoms with E-state index in [1.807, 2.05) is 12.1 Å². The van der Waals surface area contributed by atoms with Crippen molar-refractivity contribution in [1.29, 1.82) is 0 Å². The Morgan fingerprint density at radius 3 is 2.86 bits per heavy atom. The molecule has 1 aromatic carbocycles. The molecule has 0 saturated heterocycles. The number of para-hydroxylation sites is 2. The van der Waals surface area contributed by atoms with Gasteiger partial charge in [-0.3, -0.25) is 4.79 Å². The number of hydrogen-bond donors (Lipinski definition) is 1. The lowest BCUT2D eigenvalue weighted by Crippen LogP contribution is -2.26. The highest BCUT2D eigenvalue weighted by molar-refractivity contribution is 5.89. The Morgan fingerprint density at radius 2 is 2.14 bits per heavy atom. The Kier molecular flexibility index (Phi) is 5.60. The fourth-order valence-corrected chi connectivity index (χ4v) is 2.54. The lowest BCUT2D eigenvalue weighted by molar-refractivity contribution is -0.123. The second kappa shape index (κ2) is 7.67. The molecule has 114 valence electrons. The second-order valence-corrected chi connectivity index (χ2v) is 5.08. The molecule has 1 unspecified atom stereocenters. The zero-order valence-electron chi connectivity index (χ0n) is 12.6. The zero-order valence-corrected chi connectivity index (χ0v) is 12.6. The van der Waals surface area contributed by atoms with Gasteiger partial charge in [0.15, 0.2) is 18.1 Å². The first-order valence-corrected chi connectivity index (χ1v) is 7.35. The van der Waals surface area contributed by atoms with Crippen molar-refractivity contribution in [1.82, 2.24) is 5.43 Å². The number of hydrazone groups is 1. The average Bonchev–Trinajstić information content (AvgIpc) is 2.98. The third kappa shape index (κ3) is 4.21. The number of ether oxygens (including phenoxy) is 2. The standard InChI is InChI=1S/C16H22N2O3/c1-3-12-7-6-8-13(12)17-18-16(19)11-21-15-10-5-4-9-14(15)20-2/h4-5,9-10,12H,3,6-8,11H2,1-2H3,(H,18,19)/b17-13+. The SMILES string of the molecule is CCC1CCC/C1=N\NC(=O)COc1ccccc1OC. The van der Waals surface area contributed by atoms with E-state index in [2.05, 4.69) is 17.5 Å². The van der Waals surface area contributed by atoms with E-state index in [9.17, 15) is 4.79 Å². The molecule has 1 aliphatic carbocycles. The van der Waals surface area contributed by atoms with Crippen LogP contribution in [0.3, 0.4) is 0 Å². The maximum atomic E-state index is 11.8. The van der Waals surface area contributed by atoms with Gasteiger partial charge in [0.25, 0.3) is 5.91 Å². The number of nitrogens with zero attached hydrogens (tertiary/aromatic N) is 1. The molecular weight excluding hydrogens is 268 g/mol. The molecule has 0 aromatic heterocycles. The largest absolute Gasteiger partial charge is 0.493 e. The third-order valence-corrected chi connectivity index (χ3v) is 3.70. The van der Waals surface area contributed by atoms with Crippen LogP contribution < -0.4 is 14.9 Å². The summed E-state index contributed by atoms with van der Waals surface area (Å²) in [5.41, 5.74) is 3.68. The average molecular weight is 290 g/mol. The molecule has 1 fully saturated rings. The Bertz CT molecular complexity index is 514. The summed E-state index contributed by atoms with van der Waals surface area (Å²) in [4.78, 5) is 11.8. The predicted molar refractivity (Wildman–Crippen MR) is 81.7 cm³/mol. The molecule has 1 atom stereocenters. The van der Waals surface area contributed by atoms with Crippen LogP contribution in [0, 0.1) is 5.92 Å². The molecule has 2 rings (SSSR count). The highest BCUT2D eigenvalue weighted by atomic mass is 16.5.